The number of ether oxygens (including phenoxy) is 2. The standard InChI is InChI=1S/C24H38N4O8/c1-3-5-7-9-23(32)36-18(15-35-22(31)8-6-4-2)14-26-20(29)10-11-21(30)28-19(24(33)34)12-17-13-25-16-27-17/h13,16,18-19H,3-12,14-15H2,1-2H3,(H,25,27)(H,26,29)(H,28,30)(H,33,34). The van der Waals surface area contributed by atoms with E-state index < -0.39 is 41.9 Å². The summed E-state index contributed by atoms with van der Waals surface area (Å²) in [5, 5.41) is 14.3. The molecule has 202 valence electrons. The second-order valence-electron chi connectivity index (χ2n) is 8.40. The topological polar surface area (TPSA) is 177 Å². The minimum Gasteiger partial charge on any atom is -0.480 e. The van der Waals surface area contributed by atoms with E-state index in [9.17, 15) is 29.1 Å². The highest BCUT2D eigenvalue weighted by Crippen LogP contribution is 2.05. The largest absolute Gasteiger partial charge is 0.480 e. The zero-order valence-electron chi connectivity index (χ0n) is 21.0. The first-order valence-corrected chi connectivity index (χ1v) is 12.4. The number of H-pyrrole nitrogens is 1. The number of carboxylic acids is 1. The van der Waals surface area contributed by atoms with Crippen molar-refractivity contribution in [2.24, 2.45) is 0 Å². The summed E-state index contributed by atoms with van der Waals surface area (Å²) in [5.74, 6) is -3.14. The van der Waals surface area contributed by atoms with Gasteiger partial charge in [-0.15, -0.1) is 0 Å². The number of carboxylic acid groups (broad SMARTS) is 1. The molecule has 1 aromatic rings. The molecule has 0 saturated carbocycles. The number of nitrogens with zero attached hydrogens (tertiary/aromatic N) is 1. The van der Waals surface area contributed by atoms with Gasteiger partial charge in [0.2, 0.25) is 11.8 Å². The van der Waals surface area contributed by atoms with E-state index >= 15 is 0 Å². The maximum absolute atomic E-state index is 12.2. The molecule has 0 saturated heterocycles. The predicted molar refractivity (Wildman–Crippen MR) is 129 cm³/mol. The zero-order chi connectivity index (χ0) is 26.8. The van der Waals surface area contributed by atoms with Crippen molar-refractivity contribution >= 4 is 29.7 Å². The number of amides is 2. The first-order chi connectivity index (χ1) is 17.2. The molecule has 2 amide bonds. The van der Waals surface area contributed by atoms with Crippen molar-refractivity contribution < 1.29 is 38.6 Å². The molecule has 1 rings (SSSR count). The molecule has 36 heavy (non-hydrogen) atoms. The number of aromatic amines is 1. The lowest BCUT2D eigenvalue weighted by molar-refractivity contribution is -0.159. The molecular weight excluding hydrogens is 472 g/mol. The molecular formula is C24H38N4O8. The molecule has 0 fully saturated rings. The van der Waals surface area contributed by atoms with Crippen LogP contribution in [0.1, 0.15) is 77.3 Å². The lowest BCUT2D eigenvalue weighted by atomic mass is 10.1. The monoisotopic (exact) mass is 510 g/mol. The summed E-state index contributed by atoms with van der Waals surface area (Å²) in [6.07, 6.45) is 6.13. The summed E-state index contributed by atoms with van der Waals surface area (Å²) in [6, 6.07) is -1.17. The van der Waals surface area contributed by atoms with Crippen molar-refractivity contribution in [2.45, 2.75) is 90.2 Å². The Kier molecular flexibility index (Phi) is 15.2. The van der Waals surface area contributed by atoms with Gasteiger partial charge in [0.1, 0.15) is 12.6 Å². The quantitative estimate of drug-likeness (QED) is 0.159. The lowest BCUT2D eigenvalue weighted by Gasteiger charge is -2.19. The third-order valence-corrected chi connectivity index (χ3v) is 5.17. The summed E-state index contributed by atoms with van der Waals surface area (Å²) < 4.78 is 10.6. The Bertz CT molecular complexity index is 828. The Morgan fingerprint density at radius 2 is 1.67 bits per heavy atom. The summed E-state index contributed by atoms with van der Waals surface area (Å²) >= 11 is 0. The van der Waals surface area contributed by atoms with Gasteiger partial charge >= 0.3 is 17.9 Å². The van der Waals surface area contributed by atoms with E-state index in [0.717, 1.165) is 19.3 Å². The van der Waals surface area contributed by atoms with Crippen molar-refractivity contribution in [3.63, 3.8) is 0 Å². The number of carbonyl (C=O) groups excluding carboxylic acids is 4. The normalized spacial score (nSPS) is 12.3. The predicted octanol–water partition coefficient (Wildman–Crippen LogP) is 1.64. The van der Waals surface area contributed by atoms with Gasteiger partial charge in [-0.25, -0.2) is 9.78 Å². The van der Waals surface area contributed by atoms with Gasteiger partial charge in [0.05, 0.1) is 12.9 Å². The van der Waals surface area contributed by atoms with E-state index in [1.54, 1.807) is 0 Å². The number of carbonyl (C=O) groups is 5. The van der Waals surface area contributed by atoms with Crippen LogP contribution >= 0.6 is 0 Å². The lowest BCUT2D eigenvalue weighted by Crippen LogP contribution is -2.43. The Balaban J connectivity index is 2.49. The number of aromatic nitrogens is 2. The van der Waals surface area contributed by atoms with Gasteiger partial charge in [0, 0.05) is 44.0 Å². The number of nitrogens with one attached hydrogen (secondary N) is 3. The van der Waals surface area contributed by atoms with Crippen LogP contribution in [0.5, 0.6) is 0 Å². The smallest absolute Gasteiger partial charge is 0.326 e. The first kappa shape index (κ1) is 30.6. The first-order valence-electron chi connectivity index (χ1n) is 12.4. The van der Waals surface area contributed by atoms with Crippen molar-refractivity contribution in [3.05, 3.63) is 18.2 Å². The average molecular weight is 511 g/mol. The molecule has 0 aliphatic carbocycles. The van der Waals surface area contributed by atoms with Crippen molar-refractivity contribution in [1.29, 1.82) is 0 Å². The van der Waals surface area contributed by atoms with Crippen LogP contribution in [-0.2, 0) is 39.9 Å². The third kappa shape index (κ3) is 14.1. The number of hydrogen-bond acceptors (Lipinski definition) is 8. The molecule has 0 aliphatic heterocycles. The van der Waals surface area contributed by atoms with Crippen LogP contribution in [0.2, 0.25) is 0 Å². The van der Waals surface area contributed by atoms with Crippen LogP contribution in [0.25, 0.3) is 0 Å². The van der Waals surface area contributed by atoms with Crippen molar-refractivity contribution in [2.75, 3.05) is 13.2 Å². The van der Waals surface area contributed by atoms with Gasteiger partial charge in [-0.2, -0.15) is 0 Å². The SMILES string of the molecule is CCCCCC(=O)OC(CNC(=O)CCC(=O)NC(Cc1cnc[nH]1)C(=O)O)COC(=O)CCCC. The second-order valence-corrected chi connectivity index (χ2v) is 8.40. The van der Waals surface area contributed by atoms with Crippen LogP contribution < -0.4 is 10.6 Å². The Morgan fingerprint density at radius 1 is 0.972 bits per heavy atom. The van der Waals surface area contributed by atoms with E-state index in [4.69, 9.17) is 9.47 Å². The van der Waals surface area contributed by atoms with E-state index in [2.05, 4.69) is 20.6 Å². The molecule has 12 nitrogen and oxygen atoms in total. The number of hydrogen-bond donors (Lipinski definition) is 4. The second kappa shape index (κ2) is 17.9. The fourth-order valence-electron chi connectivity index (χ4n) is 3.10. The fourth-order valence-corrected chi connectivity index (χ4v) is 3.10. The molecule has 2 unspecified atom stereocenters. The number of esters is 2. The van der Waals surface area contributed by atoms with E-state index in [1.807, 2.05) is 13.8 Å². The highest BCUT2D eigenvalue weighted by molar-refractivity contribution is 5.87. The van der Waals surface area contributed by atoms with Crippen molar-refractivity contribution in [3.8, 4) is 0 Å². The number of aliphatic carboxylic acids is 1. The number of imidazole rings is 1. The minimum absolute atomic E-state index is 0.0234. The molecule has 0 aromatic carbocycles. The Hall–Kier alpha value is -3.44. The van der Waals surface area contributed by atoms with E-state index in [0.29, 0.717) is 18.5 Å². The van der Waals surface area contributed by atoms with Crippen LogP contribution in [-0.4, -0.2) is 70.1 Å². The molecule has 0 spiro atoms. The molecule has 2 atom stereocenters. The molecule has 12 heteroatoms. The maximum atomic E-state index is 12.2. The average Bonchev–Trinajstić information content (AvgIpc) is 3.36. The van der Waals surface area contributed by atoms with E-state index in [1.165, 1.54) is 12.5 Å². The number of rotatable bonds is 19. The fraction of sp³-hybridized carbons (Fsp3) is 0.667. The molecule has 0 aliphatic rings. The van der Waals surface area contributed by atoms with Crippen molar-refractivity contribution in [1.82, 2.24) is 20.6 Å². The van der Waals surface area contributed by atoms with Crippen LogP contribution in [0, 0.1) is 0 Å². The molecule has 1 heterocycles. The van der Waals surface area contributed by atoms with Gasteiger partial charge in [-0.3, -0.25) is 19.2 Å². The molecule has 1 aromatic heterocycles. The van der Waals surface area contributed by atoms with Gasteiger partial charge in [0.25, 0.3) is 0 Å². The highest BCUT2D eigenvalue weighted by Gasteiger charge is 2.22. The Labute approximate surface area is 210 Å². The maximum Gasteiger partial charge on any atom is 0.326 e. The molecule has 0 radical (unpaired) electrons. The minimum atomic E-state index is -1.21. The Morgan fingerprint density at radius 3 is 2.31 bits per heavy atom. The number of unbranched alkanes of at least 4 members (excludes halogenated alkanes) is 3. The van der Waals surface area contributed by atoms with Crippen LogP contribution in [0.4, 0.5) is 0 Å². The van der Waals surface area contributed by atoms with Gasteiger partial charge < -0.3 is 30.2 Å². The van der Waals surface area contributed by atoms with Crippen LogP contribution in [0.3, 0.4) is 0 Å². The van der Waals surface area contributed by atoms with E-state index in [-0.39, 0.29) is 45.3 Å². The van der Waals surface area contributed by atoms with Crippen LogP contribution in [0.15, 0.2) is 12.5 Å². The zero-order valence-corrected chi connectivity index (χ0v) is 21.0. The van der Waals surface area contributed by atoms with Gasteiger partial charge in [-0.1, -0.05) is 33.1 Å². The van der Waals surface area contributed by atoms with Gasteiger partial charge in [0.15, 0.2) is 6.10 Å². The summed E-state index contributed by atoms with van der Waals surface area (Å²) in [7, 11) is 0. The summed E-state index contributed by atoms with van der Waals surface area (Å²) in [4.78, 5) is 66.3. The molecule has 4 N–H and O–H groups in total. The highest BCUT2D eigenvalue weighted by atomic mass is 16.6. The third-order valence-electron chi connectivity index (χ3n) is 5.17. The van der Waals surface area contributed by atoms with Gasteiger partial charge in [-0.05, 0) is 12.8 Å². The summed E-state index contributed by atoms with van der Waals surface area (Å²) in [5.41, 5.74) is 0.547. The molecule has 0 bridgehead atoms. The summed E-state index contributed by atoms with van der Waals surface area (Å²) in [6.45, 7) is 3.70.